The molecule has 1 N–H and O–H groups in total. The Morgan fingerprint density at radius 1 is 1.00 bits per heavy atom. The molecule has 0 unspecified atom stereocenters. The summed E-state index contributed by atoms with van der Waals surface area (Å²) in [6, 6.07) is 10.3. The number of halogens is 3. The molecule has 0 aliphatic rings. The number of pyridine rings is 1. The van der Waals surface area contributed by atoms with Crippen molar-refractivity contribution in [1.82, 2.24) is 4.57 Å². The van der Waals surface area contributed by atoms with Gasteiger partial charge in [-0.2, -0.15) is 13.2 Å². The number of methoxy groups -OCH3 is 2. The molecule has 0 aliphatic heterocycles. The minimum atomic E-state index is -4.97. The number of carbonyl (C=O) groups excluding carboxylic acids is 1. The van der Waals surface area contributed by atoms with Crippen LogP contribution in [0.15, 0.2) is 53.5 Å². The van der Waals surface area contributed by atoms with Crippen molar-refractivity contribution in [2.75, 3.05) is 19.5 Å². The predicted molar refractivity (Wildman–Crippen MR) is 97.3 cm³/mol. The van der Waals surface area contributed by atoms with E-state index >= 15 is 0 Å². The Morgan fingerprint density at radius 2 is 1.61 bits per heavy atom. The van der Waals surface area contributed by atoms with Gasteiger partial charge in [-0.1, -0.05) is 0 Å². The van der Waals surface area contributed by atoms with Crippen molar-refractivity contribution in [1.29, 1.82) is 0 Å². The zero-order valence-corrected chi connectivity index (χ0v) is 14.8. The lowest BCUT2D eigenvalue weighted by Gasteiger charge is -2.15. The second-order valence-electron chi connectivity index (χ2n) is 5.77. The minimum Gasteiger partial charge on any atom is -0.493 e. The summed E-state index contributed by atoms with van der Waals surface area (Å²) in [6.45, 7) is 0. The van der Waals surface area contributed by atoms with E-state index in [0.717, 1.165) is 0 Å². The van der Waals surface area contributed by atoms with Gasteiger partial charge in [-0.15, -0.1) is 0 Å². The van der Waals surface area contributed by atoms with Crippen molar-refractivity contribution in [3.63, 3.8) is 0 Å². The minimum absolute atomic E-state index is 0.00400. The molecule has 2 aromatic carbocycles. The number of benzene rings is 2. The van der Waals surface area contributed by atoms with E-state index in [1.807, 2.05) is 0 Å². The third-order valence-electron chi connectivity index (χ3n) is 4.06. The normalized spacial score (nSPS) is 11.3. The molecule has 3 aromatic rings. The van der Waals surface area contributed by atoms with Gasteiger partial charge < -0.3 is 19.4 Å². The fourth-order valence-electron chi connectivity index (χ4n) is 2.71. The first-order valence-electron chi connectivity index (χ1n) is 8.00. The molecule has 6 nitrogen and oxygen atoms in total. The summed E-state index contributed by atoms with van der Waals surface area (Å²) in [5, 5.41) is 2.16. The smallest absolute Gasteiger partial charge is 0.471 e. The lowest BCUT2D eigenvalue weighted by Crippen LogP contribution is -2.29. The monoisotopic (exact) mass is 392 g/mol. The van der Waals surface area contributed by atoms with Gasteiger partial charge in [0.1, 0.15) is 0 Å². The number of aromatic nitrogens is 1. The second kappa shape index (κ2) is 7.26. The quantitative estimate of drug-likeness (QED) is 0.738. The molecular weight excluding hydrogens is 377 g/mol. The van der Waals surface area contributed by atoms with Gasteiger partial charge in [0, 0.05) is 35.1 Å². The average molecular weight is 392 g/mol. The number of amides is 1. The van der Waals surface area contributed by atoms with Crippen LogP contribution in [0.2, 0.25) is 0 Å². The van der Waals surface area contributed by atoms with Crippen molar-refractivity contribution in [2.45, 2.75) is 6.18 Å². The zero-order chi connectivity index (χ0) is 20.5. The molecule has 28 heavy (non-hydrogen) atoms. The molecule has 1 aromatic heterocycles. The van der Waals surface area contributed by atoms with E-state index in [1.54, 1.807) is 28.2 Å². The topological polar surface area (TPSA) is 69.6 Å². The number of nitrogens with one attached hydrogen (secondary N) is 1. The Hall–Kier alpha value is -3.49. The maximum atomic E-state index is 12.4. The zero-order valence-electron chi connectivity index (χ0n) is 14.8. The molecule has 1 heterocycles. The Bertz CT molecular complexity index is 1090. The van der Waals surface area contributed by atoms with E-state index in [0.29, 0.717) is 28.1 Å². The molecule has 0 saturated heterocycles. The van der Waals surface area contributed by atoms with Gasteiger partial charge in [-0.3, -0.25) is 9.59 Å². The third kappa shape index (κ3) is 3.64. The Labute approximate surface area is 157 Å². The van der Waals surface area contributed by atoms with Gasteiger partial charge in [-0.25, -0.2) is 0 Å². The summed E-state index contributed by atoms with van der Waals surface area (Å²) in [5.41, 5.74) is 0.872. The van der Waals surface area contributed by atoms with Crippen LogP contribution in [-0.4, -0.2) is 30.9 Å². The number of ether oxygens (including phenoxy) is 2. The van der Waals surface area contributed by atoms with Crippen LogP contribution in [-0.2, 0) is 4.79 Å². The van der Waals surface area contributed by atoms with E-state index in [-0.39, 0.29) is 11.1 Å². The first-order valence-corrected chi connectivity index (χ1v) is 8.00. The van der Waals surface area contributed by atoms with E-state index in [1.165, 1.54) is 44.6 Å². The first kappa shape index (κ1) is 19.3. The number of alkyl halides is 3. The van der Waals surface area contributed by atoms with Crippen LogP contribution in [0.3, 0.4) is 0 Å². The average Bonchev–Trinajstić information content (AvgIpc) is 2.67. The van der Waals surface area contributed by atoms with Gasteiger partial charge in [0.15, 0.2) is 16.9 Å². The van der Waals surface area contributed by atoms with E-state index in [2.05, 4.69) is 0 Å². The van der Waals surface area contributed by atoms with Crippen molar-refractivity contribution in [3.05, 3.63) is 58.9 Å². The number of carbonyl (C=O) groups is 1. The van der Waals surface area contributed by atoms with E-state index in [9.17, 15) is 22.8 Å². The number of fused-ring (bicyclic) bond motifs is 1. The van der Waals surface area contributed by atoms with Gasteiger partial charge in [0.25, 0.3) is 0 Å². The van der Waals surface area contributed by atoms with Crippen molar-refractivity contribution >= 4 is 22.5 Å². The number of nitrogens with zero attached hydrogens (tertiary/aromatic N) is 1. The second-order valence-corrected chi connectivity index (χ2v) is 5.77. The summed E-state index contributed by atoms with van der Waals surface area (Å²) < 4.78 is 49.2. The Balaban J connectivity index is 2.05. The maximum Gasteiger partial charge on any atom is 0.471 e. The molecule has 0 aliphatic carbocycles. The first-order chi connectivity index (χ1) is 13.2. The highest BCUT2D eigenvalue weighted by Crippen LogP contribution is 2.32. The molecular formula is C19H15F3N2O4. The maximum absolute atomic E-state index is 12.4. The number of rotatable bonds is 4. The van der Waals surface area contributed by atoms with Crippen LogP contribution in [0.4, 0.5) is 18.9 Å². The van der Waals surface area contributed by atoms with Gasteiger partial charge in [-0.05, 0) is 30.3 Å². The molecule has 0 radical (unpaired) electrons. The van der Waals surface area contributed by atoms with Crippen LogP contribution in [0.1, 0.15) is 0 Å². The standard InChI is InChI=1S/C19H15F3N2O4/c1-27-16-9-13-14(10-17(16)28-2)24(8-7-15(13)25)12-5-3-11(4-6-12)23-18(26)19(20,21)22/h3-10H,1-2H3,(H,23,26). The summed E-state index contributed by atoms with van der Waals surface area (Å²) >= 11 is 0. The van der Waals surface area contributed by atoms with Gasteiger partial charge in [0.05, 0.1) is 19.7 Å². The largest absolute Gasteiger partial charge is 0.493 e. The molecule has 0 bridgehead atoms. The van der Waals surface area contributed by atoms with Crippen LogP contribution >= 0.6 is 0 Å². The van der Waals surface area contributed by atoms with Crippen molar-refractivity contribution in [2.24, 2.45) is 0 Å². The molecule has 0 atom stereocenters. The summed E-state index contributed by atoms with van der Waals surface area (Å²) in [4.78, 5) is 23.3. The highest BCUT2D eigenvalue weighted by atomic mass is 19.4. The molecule has 0 saturated carbocycles. The SMILES string of the molecule is COc1cc2c(=O)ccn(-c3ccc(NC(=O)C(F)(F)F)cc3)c2cc1OC. The molecule has 146 valence electrons. The van der Waals surface area contributed by atoms with Crippen molar-refractivity contribution in [3.8, 4) is 17.2 Å². The fourth-order valence-corrected chi connectivity index (χ4v) is 2.71. The highest BCUT2D eigenvalue weighted by Gasteiger charge is 2.38. The van der Waals surface area contributed by atoms with E-state index < -0.39 is 12.1 Å². The van der Waals surface area contributed by atoms with Crippen LogP contribution in [0.5, 0.6) is 11.5 Å². The number of hydrogen-bond donors (Lipinski definition) is 1. The van der Waals surface area contributed by atoms with Crippen LogP contribution < -0.4 is 20.2 Å². The van der Waals surface area contributed by atoms with Gasteiger partial charge >= 0.3 is 12.1 Å². The third-order valence-corrected chi connectivity index (χ3v) is 4.06. The molecule has 0 fully saturated rings. The molecule has 0 spiro atoms. The number of hydrogen-bond acceptors (Lipinski definition) is 4. The highest BCUT2D eigenvalue weighted by molar-refractivity contribution is 5.95. The number of anilines is 1. The predicted octanol–water partition coefficient (Wildman–Crippen LogP) is 3.51. The summed E-state index contributed by atoms with van der Waals surface area (Å²) in [6.07, 6.45) is -3.43. The van der Waals surface area contributed by atoms with Crippen molar-refractivity contribution < 1.29 is 27.4 Å². The molecule has 9 heteroatoms. The van der Waals surface area contributed by atoms with E-state index in [4.69, 9.17) is 9.47 Å². The van der Waals surface area contributed by atoms with Crippen LogP contribution in [0, 0.1) is 0 Å². The lowest BCUT2D eigenvalue weighted by molar-refractivity contribution is -0.167. The molecule has 3 rings (SSSR count). The van der Waals surface area contributed by atoms with Gasteiger partial charge in [0.2, 0.25) is 0 Å². The Kier molecular flexibility index (Phi) is 5.00. The lowest BCUT2D eigenvalue weighted by atomic mass is 10.1. The molecule has 1 amide bonds. The van der Waals surface area contributed by atoms with Crippen LogP contribution in [0.25, 0.3) is 16.6 Å². The summed E-state index contributed by atoms with van der Waals surface area (Å²) in [5.74, 6) is -1.23. The fraction of sp³-hybridized carbons (Fsp3) is 0.158. The summed E-state index contributed by atoms with van der Waals surface area (Å²) in [7, 11) is 2.92. The Morgan fingerprint density at radius 3 is 2.18 bits per heavy atom.